The number of carbonyl (C=O) groups is 1. The number of aryl methyl sites for hydroxylation is 1. The zero-order valence-corrected chi connectivity index (χ0v) is 12.9. The van der Waals surface area contributed by atoms with Gasteiger partial charge >= 0.3 is 5.97 Å². The molecular formula is C10H7Br2NO3S. The molecule has 2 rings (SSSR count). The molecule has 0 aliphatic heterocycles. The molecule has 0 unspecified atom stereocenters. The summed E-state index contributed by atoms with van der Waals surface area (Å²) in [7, 11) is 1.33. The normalized spacial score (nSPS) is 10.6. The van der Waals surface area contributed by atoms with E-state index < -0.39 is 5.97 Å². The molecule has 0 aliphatic carbocycles. The number of aromatic nitrogens is 1. The lowest BCUT2D eigenvalue weighted by Crippen LogP contribution is -2.03. The lowest BCUT2D eigenvalue weighted by molar-refractivity contribution is 0.0595. The van der Waals surface area contributed by atoms with Crippen LogP contribution in [0.4, 0.5) is 0 Å². The first-order valence-corrected chi connectivity index (χ1v) is 6.94. The highest BCUT2D eigenvalue weighted by Crippen LogP contribution is 2.37. The van der Waals surface area contributed by atoms with Gasteiger partial charge in [0.2, 0.25) is 0 Å². The third-order valence-corrected chi connectivity index (χ3v) is 4.68. The number of furan rings is 1. The van der Waals surface area contributed by atoms with E-state index in [0.717, 1.165) is 9.48 Å². The van der Waals surface area contributed by atoms with Gasteiger partial charge in [-0.05, 0) is 38.8 Å². The van der Waals surface area contributed by atoms with Crippen LogP contribution in [0.1, 0.15) is 15.5 Å². The summed E-state index contributed by atoms with van der Waals surface area (Å²) in [5.74, 6) is 0.114. The lowest BCUT2D eigenvalue weighted by atomic mass is 10.3. The Kier molecular flexibility index (Phi) is 3.70. The summed E-state index contributed by atoms with van der Waals surface area (Å²) in [4.78, 5) is 16.4. The zero-order valence-electron chi connectivity index (χ0n) is 8.91. The second kappa shape index (κ2) is 4.91. The summed E-state index contributed by atoms with van der Waals surface area (Å²) < 4.78 is 11.5. The van der Waals surface area contributed by atoms with Crippen LogP contribution in [0.2, 0.25) is 0 Å². The Bertz CT molecular complexity index is 557. The average molecular weight is 381 g/mol. The Morgan fingerprint density at radius 1 is 1.53 bits per heavy atom. The van der Waals surface area contributed by atoms with Gasteiger partial charge in [-0.2, -0.15) is 0 Å². The largest absolute Gasteiger partial charge is 0.464 e. The molecule has 90 valence electrons. The molecule has 7 heteroatoms. The number of thiazole rings is 1. The fraction of sp³-hybridized carbons (Fsp3) is 0.200. The van der Waals surface area contributed by atoms with Gasteiger partial charge in [0.25, 0.3) is 0 Å². The third-order valence-electron chi connectivity index (χ3n) is 1.98. The minimum Gasteiger partial charge on any atom is -0.464 e. The highest BCUT2D eigenvalue weighted by Gasteiger charge is 2.22. The van der Waals surface area contributed by atoms with E-state index in [4.69, 9.17) is 4.42 Å². The van der Waals surface area contributed by atoms with Crippen LogP contribution in [-0.2, 0) is 4.74 Å². The van der Waals surface area contributed by atoms with Crippen LogP contribution >= 0.6 is 43.2 Å². The van der Waals surface area contributed by atoms with Crippen molar-refractivity contribution in [2.45, 2.75) is 6.92 Å². The Morgan fingerprint density at radius 2 is 2.24 bits per heavy atom. The van der Waals surface area contributed by atoms with Gasteiger partial charge in [-0.1, -0.05) is 0 Å². The van der Waals surface area contributed by atoms with Crippen LogP contribution in [0.25, 0.3) is 10.6 Å². The second-order valence-electron chi connectivity index (χ2n) is 3.13. The molecule has 0 saturated carbocycles. The summed E-state index contributed by atoms with van der Waals surface area (Å²) >= 11 is 7.97. The van der Waals surface area contributed by atoms with Crippen molar-refractivity contribution >= 4 is 49.2 Å². The maximum absolute atomic E-state index is 11.6. The molecule has 0 aromatic carbocycles. The van der Waals surface area contributed by atoms with Crippen molar-refractivity contribution in [2.24, 2.45) is 0 Å². The first kappa shape index (κ1) is 12.8. The van der Waals surface area contributed by atoms with Gasteiger partial charge < -0.3 is 9.15 Å². The quantitative estimate of drug-likeness (QED) is 0.738. The second-order valence-corrected chi connectivity index (χ2v) is 5.91. The van der Waals surface area contributed by atoms with E-state index in [1.165, 1.54) is 18.4 Å². The smallest absolute Gasteiger partial charge is 0.358 e. The molecule has 4 nitrogen and oxygen atoms in total. The summed E-state index contributed by atoms with van der Waals surface area (Å²) in [6.45, 7) is 1.83. The van der Waals surface area contributed by atoms with Gasteiger partial charge in [-0.25, -0.2) is 9.78 Å². The summed E-state index contributed by atoms with van der Waals surface area (Å²) in [5.41, 5.74) is 0.281. The van der Waals surface area contributed by atoms with E-state index in [2.05, 4.69) is 41.6 Å². The molecule has 0 bridgehead atoms. The highest BCUT2D eigenvalue weighted by atomic mass is 79.9. The first-order valence-electron chi connectivity index (χ1n) is 4.54. The minimum absolute atomic E-state index is 0.281. The molecule has 2 heterocycles. The van der Waals surface area contributed by atoms with Crippen molar-refractivity contribution in [3.8, 4) is 10.6 Å². The van der Waals surface area contributed by atoms with Crippen molar-refractivity contribution in [2.75, 3.05) is 7.11 Å². The standard InChI is InChI=1S/C10H7Br2NO3S/c1-4-13-7(10(14)15-2)8(17-4)6-3-5(11)9(12)16-6/h3H,1-2H3. The Morgan fingerprint density at radius 3 is 2.76 bits per heavy atom. The monoisotopic (exact) mass is 379 g/mol. The molecule has 0 saturated heterocycles. The maximum Gasteiger partial charge on any atom is 0.358 e. The zero-order chi connectivity index (χ0) is 12.6. The number of rotatable bonds is 2. The van der Waals surface area contributed by atoms with Gasteiger partial charge in [-0.15, -0.1) is 11.3 Å². The number of ether oxygens (including phenoxy) is 1. The van der Waals surface area contributed by atoms with Crippen LogP contribution in [-0.4, -0.2) is 18.1 Å². The lowest BCUT2D eigenvalue weighted by Gasteiger charge is -1.96. The van der Waals surface area contributed by atoms with Crippen molar-refractivity contribution in [1.29, 1.82) is 0 Å². The van der Waals surface area contributed by atoms with Gasteiger partial charge in [0.1, 0.15) is 10.6 Å². The topological polar surface area (TPSA) is 52.3 Å². The predicted octanol–water partition coefficient (Wildman–Crippen LogP) is 4.02. The number of hydrogen-bond acceptors (Lipinski definition) is 5. The summed E-state index contributed by atoms with van der Waals surface area (Å²) in [6.07, 6.45) is 0. The molecule has 17 heavy (non-hydrogen) atoms. The Balaban J connectivity index is 2.55. The molecule has 2 aromatic rings. The number of halogens is 2. The summed E-state index contributed by atoms with van der Waals surface area (Å²) in [6, 6.07) is 1.78. The van der Waals surface area contributed by atoms with Crippen LogP contribution in [0.5, 0.6) is 0 Å². The Labute approximate surface area is 118 Å². The fourth-order valence-corrected chi connectivity index (χ4v) is 2.72. The van der Waals surface area contributed by atoms with Crippen molar-refractivity contribution in [3.05, 3.63) is 25.9 Å². The SMILES string of the molecule is COC(=O)c1nc(C)sc1-c1cc(Br)c(Br)o1. The van der Waals surface area contributed by atoms with Gasteiger partial charge in [0, 0.05) is 6.07 Å². The molecule has 0 aliphatic rings. The van der Waals surface area contributed by atoms with Crippen LogP contribution in [0, 0.1) is 6.92 Å². The van der Waals surface area contributed by atoms with Crippen molar-refractivity contribution in [1.82, 2.24) is 4.98 Å². The fourth-order valence-electron chi connectivity index (χ4n) is 1.29. The molecular weight excluding hydrogens is 374 g/mol. The molecule has 2 aromatic heterocycles. The number of esters is 1. The molecule has 0 spiro atoms. The number of carbonyl (C=O) groups excluding carboxylic acids is 1. The molecule has 0 fully saturated rings. The third kappa shape index (κ3) is 2.46. The number of methoxy groups -OCH3 is 1. The van der Waals surface area contributed by atoms with E-state index in [-0.39, 0.29) is 5.69 Å². The van der Waals surface area contributed by atoms with E-state index in [1.807, 2.05) is 6.92 Å². The minimum atomic E-state index is -0.465. The average Bonchev–Trinajstić information content (AvgIpc) is 2.82. The van der Waals surface area contributed by atoms with Crippen LogP contribution < -0.4 is 0 Å². The number of hydrogen-bond donors (Lipinski definition) is 0. The first-order chi connectivity index (χ1) is 8.02. The molecule has 0 radical (unpaired) electrons. The highest BCUT2D eigenvalue weighted by molar-refractivity contribution is 9.13. The van der Waals surface area contributed by atoms with E-state index in [1.54, 1.807) is 6.07 Å². The maximum atomic E-state index is 11.6. The van der Waals surface area contributed by atoms with Crippen molar-refractivity contribution < 1.29 is 13.9 Å². The van der Waals surface area contributed by atoms with Gasteiger partial charge in [-0.3, -0.25) is 0 Å². The van der Waals surface area contributed by atoms with Crippen LogP contribution in [0.3, 0.4) is 0 Å². The predicted molar refractivity (Wildman–Crippen MR) is 71.3 cm³/mol. The summed E-state index contributed by atoms with van der Waals surface area (Å²) in [5, 5.41) is 0.782. The molecule has 0 amide bonds. The van der Waals surface area contributed by atoms with Crippen LogP contribution in [0.15, 0.2) is 19.6 Å². The van der Waals surface area contributed by atoms with Crippen molar-refractivity contribution in [3.63, 3.8) is 0 Å². The van der Waals surface area contributed by atoms with E-state index >= 15 is 0 Å². The molecule has 0 N–H and O–H groups in total. The van der Waals surface area contributed by atoms with Gasteiger partial charge in [0.15, 0.2) is 10.4 Å². The number of nitrogens with zero attached hydrogens (tertiary/aromatic N) is 1. The van der Waals surface area contributed by atoms with E-state index in [9.17, 15) is 4.79 Å². The van der Waals surface area contributed by atoms with Gasteiger partial charge in [0.05, 0.1) is 16.6 Å². The Hall–Kier alpha value is -0.660. The van der Waals surface area contributed by atoms with E-state index in [0.29, 0.717) is 15.3 Å². The molecule has 0 atom stereocenters.